The van der Waals surface area contributed by atoms with Gasteiger partial charge in [-0.25, -0.2) is 4.99 Å². The molecule has 0 fully saturated rings. The summed E-state index contributed by atoms with van der Waals surface area (Å²) in [4.78, 5) is 29.1. The maximum absolute atomic E-state index is 11.9. The zero-order chi connectivity index (χ0) is 17.1. The predicted octanol–water partition coefficient (Wildman–Crippen LogP) is 0.0597. The fourth-order valence-electron chi connectivity index (χ4n) is 1.68. The van der Waals surface area contributed by atoms with Crippen LogP contribution in [0.25, 0.3) is 0 Å². The number of rotatable bonds is 7. The first-order valence-electron chi connectivity index (χ1n) is 7.60. The third kappa shape index (κ3) is 7.30. The van der Waals surface area contributed by atoms with Crippen LogP contribution in [0.15, 0.2) is 35.3 Å². The van der Waals surface area contributed by atoms with Crippen LogP contribution in [0.2, 0.25) is 0 Å². The third-order valence-corrected chi connectivity index (χ3v) is 2.95. The molecule has 2 amide bonds. The lowest BCUT2D eigenvalue weighted by atomic mass is 10.2. The highest BCUT2D eigenvalue weighted by molar-refractivity contribution is 5.94. The summed E-state index contributed by atoms with van der Waals surface area (Å²) in [6.07, 6.45) is 0. The summed E-state index contributed by atoms with van der Waals surface area (Å²) < 4.78 is 0. The van der Waals surface area contributed by atoms with Crippen molar-refractivity contribution in [3.63, 3.8) is 0 Å². The Balaban J connectivity index is 2.36. The molecule has 7 heteroatoms. The normalized spacial score (nSPS) is 10.8. The maximum atomic E-state index is 11.9. The Kier molecular flexibility index (Phi) is 8.20. The monoisotopic (exact) mass is 319 g/mol. The molecule has 0 aliphatic rings. The summed E-state index contributed by atoms with van der Waals surface area (Å²) in [7, 11) is 3.38. The highest BCUT2D eigenvalue weighted by Gasteiger charge is 2.05. The molecule has 1 aromatic rings. The van der Waals surface area contributed by atoms with E-state index in [1.165, 1.54) is 4.90 Å². The van der Waals surface area contributed by atoms with Crippen LogP contribution in [0.4, 0.5) is 0 Å². The molecule has 1 aromatic carbocycles. The Labute approximate surface area is 137 Å². The number of benzene rings is 1. The van der Waals surface area contributed by atoms with E-state index >= 15 is 0 Å². The topological polar surface area (TPSA) is 85.8 Å². The van der Waals surface area contributed by atoms with Gasteiger partial charge >= 0.3 is 0 Å². The van der Waals surface area contributed by atoms with Crippen LogP contribution in [-0.2, 0) is 4.79 Å². The first kappa shape index (κ1) is 18.5. The van der Waals surface area contributed by atoms with Gasteiger partial charge in [-0.1, -0.05) is 18.2 Å². The first-order chi connectivity index (χ1) is 11.0. The van der Waals surface area contributed by atoms with Crippen molar-refractivity contribution in [3.05, 3.63) is 35.9 Å². The Morgan fingerprint density at radius 2 is 1.70 bits per heavy atom. The quantitative estimate of drug-likeness (QED) is 0.377. The minimum atomic E-state index is -0.114. The lowest BCUT2D eigenvalue weighted by Crippen LogP contribution is -2.42. The summed E-state index contributed by atoms with van der Waals surface area (Å²) in [5.41, 5.74) is 0.629. The fraction of sp³-hybridized carbons (Fsp3) is 0.438. The van der Waals surface area contributed by atoms with Crippen molar-refractivity contribution in [1.82, 2.24) is 20.9 Å². The maximum Gasteiger partial charge on any atom is 0.251 e. The summed E-state index contributed by atoms with van der Waals surface area (Å²) in [6.45, 7) is 3.69. The van der Waals surface area contributed by atoms with Crippen LogP contribution in [0.1, 0.15) is 17.3 Å². The molecule has 0 radical (unpaired) electrons. The van der Waals surface area contributed by atoms with Crippen LogP contribution in [0, 0.1) is 0 Å². The van der Waals surface area contributed by atoms with Gasteiger partial charge in [-0.15, -0.1) is 0 Å². The molecular formula is C16H25N5O2. The van der Waals surface area contributed by atoms with Crippen LogP contribution in [0.3, 0.4) is 0 Å². The summed E-state index contributed by atoms with van der Waals surface area (Å²) in [5.74, 6) is 0.369. The number of carbonyl (C=O) groups excluding carboxylic acids is 2. The lowest BCUT2D eigenvalue weighted by molar-refractivity contribution is -0.127. The molecule has 0 heterocycles. The average Bonchev–Trinajstić information content (AvgIpc) is 2.56. The number of amides is 2. The molecule has 0 saturated carbocycles. The number of carbonyl (C=O) groups is 2. The molecule has 0 aliphatic carbocycles. The molecule has 126 valence electrons. The summed E-state index contributed by atoms with van der Waals surface area (Å²) in [6, 6.07) is 9.05. The first-order valence-corrected chi connectivity index (χ1v) is 7.60. The smallest absolute Gasteiger partial charge is 0.251 e. The molecular weight excluding hydrogens is 294 g/mol. The molecule has 0 aromatic heterocycles. The molecule has 0 aliphatic heterocycles. The number of likely N-dealkylation sites (N-methyl/N-ethyl adjacent to an activating group) is 1. The Morgan fingerprint density at radius 3 is 2.30 bits per heavy atom. The number of nitrogens with one attached hydrogen (secondary N) is 3. The largest absolute Gasteiger partial charge is 0.357 e. The van der Waals surface area contributed by atoms with Crippen LogP contribution >= 0.6 is 0 Å². The number of guanidine groups is 1. The van der Waals surface area contributed by atoms with E-state index in [1.807, 2.05) is 25.1 Å². The number of aliphatic imine (C=N–C) groups is 1. The van der Waals surface area contributed by atoms with Crippen LogP contribution in [-0.4, -0.2) is 62.9 Å². The second kappa shape index (κ2) is 10.2. The van der Waals surface area contributed by atoms with E-state index in [1.54, 1.807) is 26.2 Å². The SMILES string of the molecule is CCNC(=NCC(=O)N(C)C)NCCNC(=O)c1ccccc1. The highest BCUT2D eigenvalue weighted by atomic mass is 16.2. The van der Waals surface area contributed by atoms with Gasteiger partial charge < -0.3 is 20.9 Å². The molecule has 7 nitrogen and oxygen atoms in total. The molecule has 3 N–H and O–H groups in total. The van der Waals surface area contributed by atoms with Gasteiger partial charge in [0.05, 0.1) is 0 Å². The number of hydrogen-bond acceptors (Lipinski definition) is 3. The van der Waals surface area contributed by atoms with Gasteiger partial charge in [0, 0.05) is 39.3 Å². The summed E-state index contributed by atoms with van der Waals surface area (Å²) in [5, 5.41) is 8.95. The number of hydrogen-bond donors (Lipinski definition) is 3. The highest BCUT2D eigenvalue weighted by Crippen LogP contribution is 1.96. The minimum absolute atomic E-state index is 0.0698. The zero-order valence-electron chi connectivity index (χ0n) is 13.9. The van der Waals surface area contributed by atoms with E-state index in [0.717, 1.165) is 0 Å². The predicted molar refractivity (Wildman–Crippen MR) is 91.5 cm³/mol. The van der Waals surface area contributed by atoms with Crippen molar-refractivity contribution in [2.75, 3.05) is 40.3 Å². The van der Waals surface area contributed by atoms with E-state index < -0.39 is 0 Å². The molecule has 0 saturated heterocycles. The Bertz CT molecular complexity index is 529. The van der Waals surface area contributed by atoms with Gasteiger partial charge in [0.1, 0.15) is 6.54 Å². The molecule has 0 unspecified atom stereocenters. The second-order valence-electron chi connectivity index (χ2n) is 5.03. The van der Waals surface area contributed by atoms with Gasteiger partial charge in [0.15, 0.2) is 5.96 Å². The Hall–Kier alpha value is -2.57. The van der Waals surface area contributed by atoms with Crippen molar-refractivity contribution in [2.45, 2.75) is 6.92 Å². The van der Waals surface area contributed by atoms with Crippen molar-refractivity contribution < 1.29 is 9.59 Å². The van der Waals surface area contributed by atoms with Crippen LogP contribution < -0.4 is 16.0 Å². The fourth-order valence-corrected chi connectivity index (χ4v) is 1.68. The molecule has 0 atom stereocenters. The average molecular weight is 319 g/mol. The number of nitrogens with zero attached hydrogens (tertiary/aromatic N) is 2. The lowest BCUT2D eigenvalue weighted by Gasteiger charge is -2.13. The van der Waals surface area contributed by atoms with Gasteiger partial charge in [0.2, 0.25) is 5.91 Å². The van der Waals surface area contributed by atoms with E-state index in [0.29, 0.717) is 31.2 Å². The van der Waals surface area contributed by atoms with Crippen LogP contribution in [0.5, 0.6) is 0 Å². The molecule has 1 rings (SSSR count). The molecule has 0 bridgehead atoms. The van der Waals surface area contributed by atoms with E-state index in [2.05, 4.69) is 20.9 Å². The van der Waals surface area contributed by atoms with Crippen molar-refractivity contribution in [1.29, 1.82) is 0 Å². The van der Waals surface area contributed by atoms with Gasteiger partial charge in [-0.05, 0) is 19.1 Å². The van der Waals surface area contributed by atoms with E-state index in [4.69, 9.17) is 0 Å². The van der Waals surface area contributed by atoms with Gasteiger partial charge in [0.25, 0.3) is 5.91 Å². The standard InChI is InChI=1S/C16H25N5O2/c1-4-17-16(20-12-14(22)21(2)3)19-11-10-18-15(23)13-8-6-5-7-9-13/h5-9H,4,10-12H2,1-3H3,(H,18,23)(H2,17,19,20). The van der Waals surface area contributed by atoms with E-state index in [9.17, 15) is 9.59 Å². The van der Waals surface area contributed by atoms with Crippen molar-refractivity contribution in [3.8, 4) is 0 Å². The van der Waals surface area contributed by atoms with Gasteiger partial charge in [-0.2, -0.15) is 0 Å². The minimum Gasteiger partial charge on any atom is -0.357 e. The molecule has 0 spiro atoms. The summed E-state index contributed by atoms with van der Waals surface area (Å²) >= 11 is 0. The van der Waals surface area contributed by atoms with Crippen molar-refractivity contribution in [2.24, 2.45) is 4.99 Å². The van der Waals surface area contributed by atoms with Crippen molar-refractivity contribution >= 4 is 17.8 Å². The molecule has 23 heavy (non-hydrogen) atoms. The second-order valence-corrected chi connectivity index (χ2v) is 5.03. The van der Waals surface area contributed by atoms with E-state index in [-0.39, 0.29) is 18.4 Å². The Morgan fingerprint density at radius 1 is 1.04 bits per heavy atom. The zero-order valence-corrected chi connectivity index (χ0v) is 13.9. The van der Waals surface area contributed by atoms with Gasteiger partial charge in [-0.3, -0.25) is 9.59 Å². The third-order valence-electron chi connectivity index (χ3n) is 2.95.